The van der Waals surface area contributed by atoms with Crippen molar-refractivity contribution < 1.29 is 30.7 Å². The highest BCUT2D eigenvalue weighted by Crippen LogP contribution is 1.99. The maximum absolute atomic E-state index is 10.3. The van der Waals surface area contributed by atoms with Crippen LogP contribution in [0.15, 0.2) is 0 Å². The first kappa shape index (κ1) is 16.8. The Bertz CT molecular complexity index is 346. The summed E-state index contributed by atoms with van der Waals surface area (Å²) >= 11 is 0. The summed E-state index contributed by atoms with van der Waals surface area (Å²) in [5.74, 6) is -0.578. The highest BCUT2D eigenvalue weighted by molar-refractivity contribution is 7.86. The van der Waals surface area contributed by atoms with Crippen LogP contribution in [0.5, 0.6) is 0 Å². The van der Waals surface area contributed by atoms with Crippen molar-refractivity contribution in [3.8, 4) is 0 Å². The molecule has 0 aliphatic carbocycles. The largest absolute Gasteiger partial charge is 0.381 e. The summed E-state index contributed by atoms with van der Waals surface area (Å²) < 4.78 is 63.2. The molecule has 0 heterocycles. The fourth-order valence-corrected chi connectivity index (χ4v) is 2.16. The molecule has 0 spiro atoms. The van der Waals surface area contributed by atoms with Crippen LogP contribution in [-0.4, -0.2) is 50.7 Å². The van der Waals surface area contributed by atoms with Gasteiger partial charge in [0.1, 0.15) is 0 Å². The van der Waals surface area contributed by atoms with E-state index in [1.165, 1.54) is 0 Å². The average Bonchev–Trinajstić information content (AvgIpc) is 2.11. The van der Waals surface area contributed by atoms with E-state index in [-0.39, 0.29) is 24.5 Å². The standard InChI is InChI=1S/C8H18O7S2/c9-16(10,11)7-3-1-2-5-15-6-4-8-17(12,13)14/h1-8H2,(H,9,10,11)(H,12,13,14). The van der Waals surface area contributed by atoms with Gasteiger partial charge in [-0.1, -0.05) is 6.42 Å². The van der Waals surface area contributed by atoms with E-state index in [9.17, 15) is 16.8 Å². The normalized spacial score (nSPS) is 12.8. The van der Waals surface area contributed by atoms with Crippen molar-refractivity contribution in [3.05, 3.63) is 0 Å². The summed E-state index contributed by atoms with van der Waals surface area (Å²) in [6.07, 6.45) is 1.84. The van der Waals surface area contributed by atoms with Crippen LogP contribution in [0.4, 0.5) is 0 Å². The minimum Gasteiger partial charge on any atom is -0.381 e. The Hall–Kier alpha value is -0.220. The fourth-order valence-electron chi connectivity index (χ4n) is 1.11. The highest BCUT2D eigenvalue weighted by Gasteiger charge is 2.04. The second-order valence-corrected chi connectivity index (χ2v) is 6.74. The summed E-state index contributed by atoms with van der Waals surface area (Å²) in [5, 5.41) is 0. The number of hydrogen-bond donors (Lipinski definition) is 2. The van der Waals surface area contributed by atoms with Gasteiger partial charge in [0, 0.05) is 13.2 Å². The van der Waals surface area contributed by atoms with Crippen molar-refractivity contribution in [2.45, 2.75) is 25.7 Å². The van der Waals surface area contributed by atoms with Crippen molar-refractivity contribution in [3.63, 3.8) is 0 Å². The molecule has 0 saturated heterocycles. The van der Waals surface area contributed by atoms with Gasteiger partial charge in [-0.15, -0.1) is 0 Å². The van der Waals surface area contributed by atoms with Crippen LogP contribution in [0.1, 0.15) is 25.7 Å². The molecule has 0 fully saturated rings. The lowest BCUT2D eigenvalue weighted by molar-refractivity contribution is 0.131. The second-order valence-electron chi connectivity index (χ2n) is 3.60. The lowest BCUT2D eigenvalue weighted by atomic mass is 10.3. The number of ether oxygens (including phenoxy) is 1. The first-order valence-corrected chi connectivity index (χ1v) is 8.40. The van der Waals surface area contributed by atoms with Gasteiger partial charge in [-0.3, -0.25) is 9.11 Å². The fraction of sp³-hybridized carbons (Fsp3) is 1.00. The second kappa shape index (κ2) is 7.98. The molecule has 2 N–H and O–H groups in total. The predicted octanol–water partition coefficient (Wildman–Crippen LogP) is 0.339. The van der Waals surface area contributed by atoms with Gasteiger partial charge in [-0.05, 0) is 19.3 Å². The number of hydrogen-bond acceptors (Lipinski definition) is 5. The van der Waals surface area contributed by atoms with E-state index >= 15 is 0 Å². The molecule has 0 aliphatic rings. The van der Waals surface area contributed by atoms with Crippen LogP contribution in [0.2, 0.25) is 0 Å². The quantitative estimate of drug-likeness (QED) is 0.440. The van der Waals surface area contributed by atoms with Crippen LogP contribution in [0, 0.1) is 0 Å². The van der Waals surface area contributed by atoms with Crippen molar-refractivity contribution in [2.24, 2.45) is 0 Å². The van der Waals surface area contributed by atoms with Crippen molar-refractivity contribution in [1.82, 2.24) is 0 Å². The van der Waals surface area contributed by atoms with Gasteiger partial charge >= 0.3 is 0 Å². The van der Waals surface area contributed by atoms with Gasteiger partial charge in [-0.25, -0.2) is 0 Å². The zero-order chi connectivity index (χ0) is 13.4. The Kier molecular flexibility index (Phi) is 7.88. The monoisotopic (exact) mass is 290 g/mol. The molecular weight excluding hydrogens is 272 g/mol. The summed E-state index contributed by atoms with van der Waals surface area (Å²) in [6.45, 7) is 0.634. The molecule has 0 unspecified atom stereocenters. The van der Waals surface area contributed by atoms with Crippen LogP contribution >= 0.6 is 0 Å². The van der Waals surface area contributed by atoms with Crippen LogP contribution < -0.4 is 0 Å². The Balaban J connectivity index is 3.25. The Morgan fingerprint density at radius 2 is 1.18 bits per heavy atom. The van der Waals surface area contributed by atoms with Gasteiger partial charge in [0.15, 0.2) is 0 Å². The third-order valence-corrected chi connectivity index (χ3v) is 3.49. The smallest absolute Gasteiger partial charge is 0.264 e. The molecule has 0 bridgehead atoms. The molecule has 0 radical (unpaired) electrons. The third-order valence-electron chi connectivity index (χ3n) is 1.88. The summed E-state index contributed by atoms with van der Waals surface area (Å²) in [4.78, 5) is 0. The summed E-state index contributed by atoms with van der Waals surface area (Å²) in [6, 6.07) is 0. The van der Waals surface area contributed by atoms with Gasteiger partial charge in [0.05, 0.1) is 11.5 Å². The zero-order valence-corrected chi connectivity index (χ0v) is 11.0. The molecule has 9 heteroatoms. The van der Waals surface area contributed by atoms with E-state index in [0.29, 0.717) is 25.9 Å². The SMILES string of the molecule is O=S(=O)(O)CCCCCOCCCS(=O)(=O)O. The van der Waals surface area contributed by atoms with E-state index < -0.39 is 20.2 Å². The Labute approximate surface area is 102 Å². The van der Waals surface area contributed by atoms with E-state index in [4.69, 9.17) is 13.8 Å². The van der Waals surface area contributed by atoms with E-state index in [1.807, 2.05) is 0 Å². The Morgan fingerprint density at radius 3 is 1.71 bits per heavy atom. The van der Waals surface area contributed by atoms with Crippen LogP contribution in [0.3, 0.4) is 0 Å². The molecule has 0 saturated carbocycles. The first-order chi connectivity index (χ1) is 7.71. The van der Waals surface area contributed by atoms with Crippen molar-refractivity contribution in [2.75, 3.05) is 24.7 Å². The molecule has 0 aromatic carbocycles. The Morgan fingerprint density at radius 1 is 0.706 bits per heavy atom. The minimum absolute atomic E-state index is 0.226. The molecule has 0 amide bonds. The molecule has 0 rings (SSSR count). The molecule has 0 atom stereocenters. The van der Waals surface area contributed by atoms with Gasteiger partial charge < -0.3 is 4.74 Å². The number of rotatable bonds is 10. The van der Waals surface area contributed by atoms with E-state index in [1.54, 1.807) is 0 Å². The zero-order valence-electron chi connectivity index (χ0n) is 9.41. The third kappa shape index (κ3) is 15.8. The van der Waals surface area contributed by atoms with E-state index in [0.717, 1.165) is 0 Å². The van der Waals surface area contributed by atoms with Gasteiger partial charge in [0.2, 0.25) is 0 Å². The maximum atomic E-state index is 10.3. The molecule has 17 heavy (non-hydrogen) atoms. The lowest BCUT2D eigenvalue weighted by Crippen LogP contribution is -2.08. The minimum atomic E-state index is -3.92. The molecule has 0 aliphatic heterocycles. The highest BCUT2D eigenvalue weighted by atomic mass is 32.2. The van der Waals surface area contributed by atoms with Crippen molar-refractivity contribution in [1.29, 1.82) is 0 Å². The molecule has 7 nitrogen and oxygen atoms in total. The summed E-state index contributed by atoms with van der Waals surface area (Å²) in [5.41, 5.74) is 0. The number of unbranched alkanes of at least 4 members (excludes halogenated alkanes) is 2. The molecule has 0 aromatic heterocycles. The molecule has 0 aromatic rings. The first-order valence-electron chi connectivity index (χ1n) is 5.19. The molecule has 104 valence electrons. The average molecular weight is 290 g/mol. The summed E-state index contributed by atoms with van der Waals surface area (Å²) in [7, 11) is -7.79. The van der Waals surface area contributed by atoms with Gasteiger partial charge in [-0.2, -0.15) is 16.8 Å². The van der Waals surface area contributed by atoms with Crippen molar-refractivity contribution >= 4 is 20.2 Å². The topological polar surface area (TPSA) is 118 Å². The molecular formula is C8H18O7S2. The van der Waals surface area contributed by atoms with Crippen LogP contribution in [0.25, 0.3) is 0 Å². The van der Waals surface area contributed by atoms with E-state index in [2.05, 4.69) is 0 Å². The maximum Gasteiger partial charge on any atom is 0.264 e. The van der Waals surface area contributed by atoms with Gasteiger partial charge in [0.25, 0.3) is 20.2 Å². The predicted molar refractivity (Wildman–Crippen MR) is 62.1 cm³/mol. The van der Waals surface area contributed by atoms with Crippen LogP contribution in [-0.2, 0) is 25.0 Å². The lowest BCUT2D eigenvalue weighted by Gasteiger charge is -2.03.